The molecule has 1 heterocycles. The van der Waals surface area contributed by atoms with E-state index in [1.54, 1.807) is 6.07 Å². The highest BCUT2D eigenvalue weighted by atomic mass is 35.5. The standard InChI is InChI=1S/C12H15ClN2O3/c1-8(3-2-4-11(16)17)15-12(18)10-7-9(13)5-6-14-10/h5-8H,2-4H2,1H3,(H,15,18)(H,16,17). The monoisotopic (exact) mass is 270 g/mol. The summed E-state index contributed by atoms with van der Waals surface area (Å²) >= 11 is 5.76. The minimum atomic E-state index is -0.829. The smallest absolute Gasteiger partial charge is 0.303 e. The van der Waals surface area contributed by atoms with E-state index in [-0.39, 0.29) is 24.1 Å². The van der Waals surface area contributed by atoms with Gasteiger partial charge in [0.2, 0.25) is 0 Å². The number of nitrogens with one attached hydrogen (secondary N) is 1. The second-order valence-corrected chi connectivity index (χ2v) is 4.46. The van der Waals surface area contributed by atoms with Gasteiger partial charge in [0.25, 0.3) is 5.91 Å². The first kappa shape index (κ1) is 14.4. The molecule has 0 aromatic carbocycles. The van der Waals surface area contributed by atoms with Crippen molar-refractivity contribution >= 4 is 23.5 Å². The van der Waals surface area contributed by atoms with Gasteiger partial charge in [0, 0.05) is 23.7 Å². The van der Waals surface area contributed by atoms with Crippen LogP contribution in [0.25, 0.3) is 0 Å². The van der Waals surface area contributed by atoms with Gasteiger partial charge in [-0.05, 0) is 31.9 Å². The molecule has 2 N–H and O–H groups in total. The normalized spacial score (nSPS) is 11.9. The first-order chi connectivity index (χ1) is 8.49. The molecule has 98 valence electrons. The van der Waals surface area contributed by atoms with Crippen molar-refractivity contribution in [3.8, 4) is 0 Å². The summed E-state index contributed by atoms with van der Waals surface area (Å²) in [7, 11) is 0. The molecule has 1 amide bonds. The Bertz CT molecular complexity index is 437. The number of carboxylic acid groups (broad SMARTS) is 1. The molecule has 0 saturated carbocycles. The van der Waals surface area contributed by atoms with E-state index < -0.39 is 5.97 Å². The fourth-order valence-corrected chi connectivity index (χ4v) is 1.62. The van der Waals surface area contributed by atoms with Gasteiger partial charge >= 0.3 is 5.97 Å². The zero-order valence-electron chi connectivity index (χ0n) is 10.0. The van der Waals surface area contributed by atoms with Gasteiger partial charge in [0.1, 0.15) is 5.69 Å². The van der Waals surface area contributed by atoms with Gasteiger partial charge in [-0.2, -0.15) is 0 Å². The van der Waals surface area contributed by atoms with Crippen LogP contribution in [-0.4, -0.2) is 28.0 Å². The molecule has 6 heteroatoms. The predicted octanol–water partition coefficient (Wildman–Crippen LogP) is 2.11. The van der Waals surface area contributed by atoms with Crippen LogP contribution in [0.3, 0.4) is 0 Å². The third-order valence-corrected chi connectivity index (χ3v) is 2.59. The van der Waals surface area contributed by atoms with Crippen molar-refractivity contribution in [3.63, 3.8) is 0 Å². The van der Waals surface area contributed by atoms with Crippen molar-refractivity contribution < 1.29 is 14.7 Å². The second-order valence-electron chi connectivity index (χ2n) is 4.02. The highest BCUT2D eigenvalue weighted by Gasteiger charge is 2.11. The molecule has 0 fully saturated rings. The maximum absolute atomic E-state index is 11.8. The van der Waals surface area contributed by atoms with Gasteiger partial charge in [-0.15, -0.1) is 0 Å². The van der Waals surface area contributed by atoms with Crippen LogP contribution >= 0.6 is 11.6 Å². The lowest BCUT2D eigenvalue weighted by atomic mass is 10.1. The first-order valence-electron chi connectivity index (χ1n) is 5.63. The summed E-state index contributed by atoms with van der Waals surface area (Å²) in [5.41, 5.74) is 0.257. The highest BCUT2D eigenvalue weighted by molar-refractivity contribution is 6.30. The molecule has 1 unspecified atom stereocenters. The number of pyridine rings is 1. The van der Waals surface area contributed by atoms with E-state index >= 15 is 0 Å². The largest absolute Gasteiger partial charge is 0.481 e. The number of hydrogen-bond acceptors (Lipinski definition) is 3. The van der Waals surface area contributed by atoms with Crippen molar-refractivity contribution in [1.29, 1.82) is 0 Å². The third-order valence-electron chi connectivity index (χ3n) is 2.36. The summed E-state index contributed by atoms with van der Waals surface area (Å²) < 4.78 is 0. The van der Waals surface area contributed by atoms with E-state index in [0.717, 1.165) is 0 Å². The molecule has 0 spiro atoms. The summed E-state index contributed by atoms with van der Waals surface area (Å²) in [5, 5.41) is 11.7. The average molecular weight is 271 g/mol. The Balaban J connectivity index is 2.42. The Hall–Kier alpha value is -1.62. The number of hydrogen-bond donors (Lipinski definition) is 2. The average Bonchev–Trinajstić information content (AvgIpc) is 2.28. The highest BCUT2D eigenvalue weighted by Crippen LogP contribution is 2.08. The summed E-state index contributed by atoms with van der Waals surface area (Å²) in [6.07, 6.45) is 2.71. The molecule has 0 aliphatic rings. The maximum Gasteiger partial charge on any atom is 0.303 e. The molecule has 0 saturated heterocycles. The van der Waals surface area contributed by atoms with E-state index in [0.29, 0.717) is 17.9 Å². The quantitative estimate of drug-likeness (QED) is 0.830. The van der Waals surface area contributed by atoms with Crippen molar-refractivity contribution in [1.82, 2.24) is 10.3 Å². The SMILES string of the molecule is CC(CCCC(=O)O)NC(=O)c1cc(Cl)ccn1. The lowest BCUT2D eigenvalue weighted by Crippen LogP contribution is -2.33. The minimum absolute atomic E-state index is 0.0994. The van der Waals surface area contributed by atoms with E-state index in [1.165, 1.54) is 12.3 Å². The Labute approximate surface area is 110 Å². The summed E-state index contributed by atoms with van der Waals surface area (Å²) in [5.74, 6) is -1.13. The van der Waals surface area contributed by atoms with Crippen LogP contribution < -0.4 is 5.32 Å². The van der Waals surface area contributed by atoms with Gasteiger partial charge < -0.3 is 10.4 Å². The molecular weight excluding hydrogens is 256 g/mol. The fraction of sp³-hybridized carbons (Fsp3) is 0.417. The summed E-state index contributed by atoms with van der Waals surface area (Å²) in [6, 6.07) is 2.98. The number of carbonyl (C=O) groups is 2. The number of halogens is 1. The molecule has 0 radical (unpaired) electrons. The molecule has 1 aromatic heterocycles. The Morgan fingerprint density at radius 3 is 2.89 bits per heavy atom. The maximum atomic E-state index is 11.8. The van der Waals surface area contributed by atoms with Crippen LogP contribution in [0.2, 0.25) is 5.02 Å². The van der Waals surface area contributed by atoms with Gasteiger partial charge in [-0.3, -0.25) is 14.6 Å². The Morgan fingerprint density at radius 2 is 2.28 bits per heavy atom. The van der Waals surface area contributed by atoms with Gasteiger partial charge in [0.05, 0.1) is 0 Å². The molecule has 18 heavy (non-hydrogen) atoms. The molecule has 1 atom stereocenters. The topological polar surface area (TPSA) is 79.3 Å². The molecule has 1 aromatic rings. The summed E-state index contributed by atoms with van der Waals surface area (Å²) in [4.78, 5) is 26.0. The van der Waals surface area contributed by atoms with Crippen LogP contribution in [0.5, 0.6) is 0 Å². The molecule has 1 rings (SSSR count). The number of amides is 1. The third kappa shape index (κ3) is 5.14. The van der Waals surface area contributed by atoms with E-state index in [1.807, 2.05) is 6.92 Å². The van der Waals surface area contributed by atoms with Crippen molar-refractivity contribution in [2.75, 3.05) is 0 Å². The number of carbonyl (C=O) groups excluding carboxylic acids is 1. The number of aromatic nitrogens is 1. The summed E-state index contributed by atoms with van der Waals surface area (Å²) in [6.45, 7) is 1.82. The minimum Gasteiger partial charge on any atom is -0.481 e. The zero-order chi connectivity index (χ0) is 13.5. The number of rotatable bonds is 6. The van der Waals surface area contributed by atoms with Crippen LogP contribution in [0, 0.1) is 0 Å². The van der Waals surface area contributed by atoms with Crippen molar-refractivity contribution in [3.05, 3.63) is 29.0 Å². The predicted molar refractivity (Wildman–Crippen MR) is 67.7 cm³/mol. The number of aliphatic carboxylic acids is 1. The molecule has 5 nitrogen and oxygen atoms in total. The Morgan fingerprint density at radius 1 is 1.56 bits per heavy atom. The number of nitrogens with zero attached hydrogens (tertiary/aromatic N) is 1. The van der Waals surface area contributed by atoms with Crippen LogP contribution in [0.1, 0.15) is 36.7 Å². The van der Waals surface area contributed by atoms with E-state index in [2.05, 4.69) is 10.3 Å². The molecule has 0 aliphatic heterocycles. The van der Waals surface area contributed by atoms with Crippen molar-refractivity contribution in [2.24, 2.45) is 0 Å². The first-order valence-corrected chi connectivity index (χ1v) is 6.01. The molecular formula is C12H15ClN2O3. The van der Waals surface area contributed by atoms with Gasteiger partial charge in [0.15, 0.2) is 0 Å². The zero-order valence-corrected chi connectivity index (χ0v) is 10.8. The van der Waals surface area contributed by atoms with Gasteiger partial charge in [-0.1, -0.05) is 11.6 Å². The Kier molecular flexibility index (Phi) is 5.58. The molecule has 0 aliphatic carbocycles. The molecule has 0 bridgehead atoms. The van der Waals surface area contributed by atoms with E-state index in [4.69, 9.17) is 16.7 Å². The number of carboxylic acids is 1. The van der Waals surface area contributed by atoms with Gasteiger partial charge in [-0.25, -0.2) is 0 Å². The van der Waals surface area contributed by atoms with Crippen molar-refractivity contribution in [2.45, 2.75) is 32.2 Å². The lowest BCUT2D eigenvalue weighted by molar-refractivity contribution is -0.137. The lowest BCUT2D eigenvalue weighted by Gasteiger charge is -2.12. The van der Waals surface area contributed by atoms with E-state index in [9.17, 15) is 9.59 Å². The van der Waals surface area contributed by atoms with Crippen LogP contribution in [0.15, 0.2) is 18.3 Å². The van der Waals surface area contributed by atoms with Crippen LogP contribution in [0.4, 0.5) is 0 Å². The second kappa shape index (κ2) is 6.96. The fourth-order valence-electron chi connectivity index (χ4n) is 1.46. The van der Waals surface area contributed by atoms with Crippen LogP contribution in [-0.2, 0) is 4.79 Å².